The largest absolute Gasteiger partial charge is 0.350 e. The Bertz CT molecular complexity index is 628. The van der Waals surface area contributed by atoms with Gasteiger partial charge in [0.15, 0.2) is 5.65 Å². The summed E-state index contributed by atoms with van der Waals surface area (Å²) in [6, 6.07) is 4.57. The van der Waals surface area contributed by atoms with Gasteiger partial charge >= 0.3 is 0 Å². The first-order chi connectivity index (χ1) is 9.74. The number of piperidine rings is 1. The molecule has 1 unspecified atom stereocenters. The van der Waals surface area contributed by atoms with Crippen LogP contribution in [0.3, 0.4) is 0 Å². The number of rotatable bonds is 2. The van der Waals surface area contributed by atoms with Gasteiger partial charge in [-0.1, -0.05) is 6.07 Å². The summed E-state index contributed by atoms with van der Waals surface area (Å²) in [4.78, 5) is 4.62. The zero-order chi connectivity index (χ0) is 13.6. The molecule has 0 aromatic carbocycles. The molecular formula is C15H21N5. The van der Waals surface area contributed by atoms with Gasteiger partial charge in [-0.2, -0.15) is 4.98 Å². The molecule has 2 aliphatic rings. The summed E-state index contributed by atoms with van der Waals surface area (Å²) in [5, 5.41) is 11.8. The average Bonchev–Trinajstić information content (AvgIpc) is 2.81. The van der Waals surface area contributed by atoms with Crippen LogP contribution in [0.4, 0.5) is 5.95 Å². The zero-order valence-electron chi connectivity index (χ0n) is 11.9. The Hall–Kier alpha value is -1.62. The van der Waals surface area contributed by atoms with E-state index in [1.54, 1.807) is 0 Å². The third kappa shape index (κ3) is 1.97. The molecule has 1 saturated carbocycles. The minimum Gasteiger partial charge on any atom is -0.350 e. The molecule has 2 fully saturated rings. The highest BCUT2D eigenvalue weighted by Gasteiger charge is 2.41. The summed E-state index contributed by atoms with van der Waals surface area (Å²) in [7, 11) is 0. The van der Waals surface area contributed by atoms with Crippen LogP contribution >= 0.6 is 0 Å². The number of pyridine rings is 1. The molecule has 0 radical (unpaired) electrons. The molecule has 2 aromatic rings. The molecule has 1 atom stereocenters. The monoisotopic (exact) mass is 271 g/mol. The second kappa shape index (κ2) is 4.45. The van der Waals surface area contributed by atoms with Crippen LogP contribution < -0.4 is 10.6 Å². The Morgan fingerprint density at radius 2 is 2.35 bits per heavy atom. The van der Waals surface area contributed by atoms with Gasteiger partial charge in [-0.05, 0) is 57.2 Å². The number of nitrogens with one attached hydrogen (secondary N) is 2. The van der Waals surface area contributed by atoms with Crippen molar-refractivity contribution in [3.8, 4) is 0 Å². The van der Waals surface area contributed by atoms with E-state index in [0.29, 0.717) is 11.6 Å². The van der Waals surface area contributed by atoms with Crippen molar-refractivity contribution in [1.29, 1.82) is 0 Å². The quantitative estimate of drug-likeness (QED) is 0.878. The molecule has 2 aromatic heterocycles. The lowest BCUT2D eigenvalue weighted by atomic mass is 9.70. The Labute approximate surface area is 118 Å². The fraction of sp³-hybridized carbons (Fsp3) is 0.600. The van der Waals surface area contributed by atoms with Gasteiger partial charge in [-0.3, -0.25) is 0 Å². The molecular weight excluding hydrogens is 250 g/mol. The molecule has 1 aliphatic carbocycles. The Kier molecular flexibility index (Phi) is 2.70. The predicted octanol–water partition coefficient (Wildman–Crippen LogP) is 2.12. The Balaban J connectivity index is 1.53. The standard InChI is InChI=1S/C15H21N5/c1-11-4-2-9-20-13(11)18-14(19-20)17-12-5-8-16-15(10-12)6-3-7-15/h2,4,9,12,16H,3,5-8,10H2,1H3,(H,17,19). The first kappa shape index (κ1) is 12.1. The third-order valence-corrected chi connectivity index (χ3v) is 4.83. The van der Waals surface area contributed by atoms with E-state index in [0.717, 1.165) is 30.1 Å². The lowest BCUT2D eigenvalue weighted by Crippen LogP contribution is -2.58. The topological polar surface area (TPSA) is 54.2 Å². The summed E-state index contributed by atoms with van der Waals surface area (Å²) in [6.45, 7) is 3.17. The SMILES string of the molecule is Cc1cccn2nc(NC3CCNC4(CCC4)C3)nc12. The minimum atomic E-state index is 0.408. The zero-order valence-corrected chi connectivity index (χ0v) is 11.9. The number of nitrogens with zero attached hydrogens (tertiary/aromatic N) is 3. The summed E-state index contributed by atoms with van der Waals surface area (Å²) in [6.07, 6.45) is 8.31. The fourth-order valence-corrected chi connectivity index (χ4v) is 3.55. The highest BCUT2D eigenvalue weighted by molar-refractivity contribution is 5.50. The van der Waals surface area contributed by atoms with Crippen molar-refractivity contribution in [3.63, 3.8) is 0 Å². The van der Waals surface area contributed by atoms with E-state index in [1.807, 2.05) is 16.8 Å². The van der Waals surface area contributed by atoms with E-state index in [4.69, 9.17) is 0 Å². The number of aromatic nitrogens is 3. The smallest absolute Gasteiger partial charge is 0.243 e. The van der Waals surface area contributed by atoms with Gasteiger partial charge in [-0.15, -0.1) is 5.10 Å². The summed E-state index contributed by atoms with van der Waals surface area (Å²) in [5.41, 5.74) is 2.52. The molecule has 4 rings (SSSR count). The number of hydrogen-bond acceptors (Lipinski definition) is 4. The Morgan fingerprint density at radius 3 is 3.10 bits per heavy atom. The van der Waals surface area contributed by atoms with Crippen LogP contribution in [0.15, 0.2) is 18.3 Å². The van der Waals surface area contributed by atoms with E-state index in [1.165, 1.54) is 25.7 Å². The van der Waals surface area contributed by atoms with Crippen LogP contribution in [-0.2, 0) is 0 Å². The lowest BCUT2D eigenvalue weighted by Gasteiger charge is -2.48. The van der Waals surface area contributed by atoms with Crippen LogP contribution in [0.25, 0.3) is 5.65 Å². The highest BCUT2D eigenvalue weighted by atomic mass is 15.3. The highest BCUT2D eigenvalue weighted by Crippen LogP contribution is 2.38. The van der Waals surface area contributed by atoms with E-state index >= 15 is 0 Å². The third-order valence-electron chi connectivity index (χ3n) is 4.83. The molecule has 106 valence electrons. The second-order valence-electron chi connectivity index (χ2n) is 6.29. The molecule has 5 nitrogen and oxygen atoms in total. The normalized spacial score (nSPS) is 24.8. The summed E-state index contributed by atoms with van der Waals surface area (Å²) >= 11 is 0. The summed E-state index contributed by atoms with van der Waals surface area (Å²) in [5.74, 6) is 0.765. The molecule has 3 heterocycles. The lowest BCUT2D eigenvalue weighted by molar-refractivity contribution is 0.135. The van der Waals surface area contributed by atoms with E-state index in [2.05, 4.69) is 33.7 Å². The van der Waals surface area contributed by atoms with Crippen molar-refractivity contribution >= 4 is 11.6 Å². The van der Waals surface area contributed by atoms with Crippen LogP contribution in [0.2, 0.25) is 0 Å². The van der Waals surface area contributed by atoms with Gasteiger partial charge in [0.05, 0.1) is 0 Å². The molecule has 1 aliphatic heterocycles. The van der Waals surface area contributed by atoms with E-state index in [-0.39, 0.29) is 0 Å². The van der Waals surface area contributed by atoms with Gasteiger partial charge in [0.2, 0.25) is 5.95 Å². The van der Waals surface area contributed by atoms with Gasteiger partial charge < -0.3 is 10.6 Å². The van der Waals surface area contributed by atoms with Gasteiger partial charge in [-0.25, -0.2) is 4.52 Å². The van der Waals surface area contributed by atoms with Crippen molar-refractivity contribution in [2.24, 2.45) is 0 Å². The van der Waals surface area contributed by atoms with Crippen molar-refractivity contribution in [2.75, 3.05) is 11.9 Å². The minimum absolute atomic E-state index is 0.408. The predicted molar refractivity (Wildman–Crippen MR) is 79.0 cm³/mol. The molecule has 5 heteroatoms. The number of aryl methyl sites for hydroxylation is 1. The molecule has 1 spiro atoms. The van der Waals surface area contributed by atoms with Crippen molar-refractivity contribution < 1.29 is 0 Å². The number of fused-ring (bicyclic) bond motifs is 1. The molecule has 2 N–H and O–H groups in total. The van der Waals surface area contributed by atoms with E-state index in [9.17, 15) is 0 Å². The maximum Gasteiger partial charge on any atom is 0.243 e. The van der Waals surface area contributed by atoms with Crippen LogP contribution in [0.1, 0.15) is 37.7 Å². The first-order valence-electron chi connectivity index (χ1n) is 7.58. The van der Waals surface area contributed by atoms with Crippen LogP contribution in [0.5, 0.6) is 0 Å². The molecule has 0 bridgehead atoms. The van der Waals surface area contributed by atoms with Gasteiger partial charge in [0.1, 0.15) is 0 Å². The Morgan fingerprint density at radius 1 is 1.45 bits per heavy atom. The fourth-order valence-electron chi connectivity index (χ4n) is 3.55. The average molecular weight is 271 g/mol. The maximum atomic E-state index is 4.62. The maximum absolute atomic E-state index is 4.62. The van der Waals surface area contributed by atoms with Gasteiger partial charge in [0, 0.05) is 17.8 Å². The molecule has 1 saturated heterocycles. The van der Waals surface area contributed by atoms with Crippen LogP contribution in [0, 0.1) is 6.92 Å². The number of anilines is 1. The van der Waals surface area contributed by atoms with Crippen molar-refractivity contribution in [2.45, 2.75) is 50.6 Å². The first-order valence-corrected chi connectivity index (χ1v) is 7.58. The van der Waals surface area contributed by atoms with Crippen molar-refractivity contribution in [1.82, 2.24) is 19.9 Å². The molecule has 20 heavy (non-hydrogen) atoms. The van der Waals surface area contributed by atoms with Crippen LogP contribution in [-0.4, -0.2) is 32.7 Å². The van der Waals surface area contributed by atoms with Crippen molar-refractivity contribution in [3.05, 3.63) is 23.9 Å². The summed E-state index contributed by atoms with van der Waals surface area (Å²) < 4.78 is 1.86. The number of hydrogen-bond donors (Lipinski definition) is 2. The second-order valence-corrected chi connectivity index (χ2v) is 6.29. The van der Waals surface area contributed by atoms with E-state index < -0.39 is 0 Å². The molecule has 0 amide bonds. The van der Waals surface area contributed by atoms with Gasteiger partial charge in [0.25, 0.3) is 0 Å².